The number of hydrogen-bond donors (Lipinski definition) is 2. The Hall–Kier alpha value is -2.50. The Bertz CT molecular complexity index is 664. The second kappa shape index (κ2) is 8.05. The third-order valence-corrected chi connectivity index (χ3v) is 4.73. The van der Waals surface area contributed by atoms with E-state index in [4.69, 9.17) is 9.47 Å². The molecular weight excluding hydrogens is 322 g/mol. The highest BCUT2D eigenvalue weighted by molar-refractivity contribution is 5.85. The van der Waals surface area contributed by atoms with Crippen LogP contribution in [0.3, 0.4) is 0 Å². The molecule has 0 saturated heterocycles. The second-order valence-electron chi connectivity index (χ2n) is 6.38. The van der Waals surface area contributed by atoms with Gasteiger partial charge in [-0.2, -0.15) is 0 Å². The Kier molecular flexibility index (Phi) is 6.07. The van der Waals surface area contributed by atoms with Crippen LogP contribution in [0.1, 0.15) is 36.8 Å². The van der Waals surface area contributed by atoms with Crippen molar-refractivity contribution in [2.24, 2.45) is 5.41 Å². The molecule has 0 aromatic heterocycles. The fourth-order valence-corrected chi connectivity index (χ4v) is 3.16. The lowest BCUT2D eigenvalue weighted by Gasteiger charge is -2.36. The molecule has 136 valence electrons. The van der Waals surface area contributed by atoms with Crippen molar-refractivity contribution in [3.8, 4) is 11.5 Å². The van der Waals surface area contributed by atoms with Gasteiger partial charge in [0.2, 0.25) is 5.91 Å². The zero-order valence-corrected chi connectivity index (χ0v) is 14.8. The van der Waals surface area contributed by atoms with Crippen LogP contribution >= 0.6 is 0 Å². The first-order valence-electron chi connectivity index (χ1n) is 8.30. The Labute approximate surface area is 147 Å². The minimum atomic E-state index is -0.881. The summed E-state index contributed by atoms with van der Waals surface area (Å²) in [6.07, 6.45) is 4.40. The normalized spacial score (nSPS) is 15.0. The van der Waals surface area contributed by atoms with Crippen LogP contribution in [0.4, 0.5) is 0 Å². The number of rotatable bonds is 9. The zero-order valence-electron chi connectivity index (χ0n) is 14.8. The van der Waals surface area contributed by atoms with Crippen LogP contribution in [0.25, 0.3) is 0 Å². The average molecular weight is 347 g/mol. The van der Waals surface area contributed by atoms with Gasteiger partial charge in [-0.3, -0.25) is 9.59 Å². The third kappa shape index (κ3) is 4.13. The Morgan fingerprint density at radius 2 is 2.04 bits per heavy atom. The Morgan fingerprint density at radius 3 is 2.52 bits per heavy atom. The number of carboxylic acid groups (broad SMARTS) is 1. The molecule has 0 heterocycles. The van der Waals surface area contributed by atoms with Crippen molar-refractivity contribution in [2.45, 2.75) is 38.6 Å². The maximum absolute atomic E-state index is 12.2. The summed E-state index contributed by atoms with van der Waals surface area (Å²) < 4.78 is 10.7. The summed E-state index contributed by atoms with van der Waals surface area (Å²) in [6.45, 7) is 4.05. The average Bonchev–Trinajstić information content (AvgIpc) is 2.55. The number of allylic oxidation sites excluding steroid dienone is 1. The van der Waals surface area contributed by atoms with Gasteiger partial charge < -0.3 is 19.9 Å². The number of aliphatic carboxylic acids is 1. The van der Waals surface area contributed by atoms with E-state index in [0.717, 1.165) is 17.5 Å². The fourth-order valence-electron chi connectivity index (χ4n) is 3.16. The number of carboxylic acids is 1. The van der Waals surface area contributed by atoms with E-state index >= 15 is 0 Å². The van der Waals surface area contributed by atoms with E-state index in [1.54, 1.807) is 20.3 Å². The second-order valence-corrected chi connectivity index (χ2v) is 6.38. The number of benzene rings is 1. The standard InChI is InChI=1S/C19H25NO5/c1-4-6-14-9-13(10-15(24-2)17(14)25-3)12-20-16(21)11-19(18(22)23)7-5-8-19/h4,9-10H,1,5-8,11-12H2,2-3H3,(H,20,21)(H,22,23). The predicted molar refractivity (Wildman–Crippen MR) is 93.8 cm³/mol. The molecule has 0 spiro atoms. The molecule has 25 heavy (non-hydrogen) atoms. The van der Waals surface area contributed by atoms with E-state index in [9.17, 15) is 14.7 Å². The molecule has 1 aromatic rings. The molecule has 0 radical (unpaired) electrons. The van der Waals surface area contributed by atoms with E-state index in [-0.39, 0.29) is 12.3 Å². The summed E-state index contributed by atoms with van der Waals surface area (Å²) in [5.74, 6) is 0.110. The zero-order chi connectivity index (χ0) is 18.4. The Morgan fingerprint density at radius 1 is 1.32 bits per heavy atom. The molecule has 6 heteroatoms. The molecule has 0 bridgehead atoms. The first-order valence-corrected chi connectivity index (χ1v) is 8.30. The molecule has 6 nitrogen and oxygen atoms in total. The summed E-state index contributed by atoms with van der Waals surface area (Å²) in [7, 11) is 3.14. The molecular formula is C19H25NO5. The van der Waals surface area contributed by atoms with Gasteiger partial charge in [0.05, 0.1) is 19.6 Å². The minimum absolute atomic E-state index is 0.0230. The van der Waals surface area contributed by atoms with Gasteiger partial charge in [-0.05, 0) is 37.0 Å². The smallest absolute Gasteiger partial charge is 0.310 e. The number of hydrogen-bond acceptors (Lipinski definition) is 4. The molecule has 0 unspecified atom stereocenters. The van der Waals surface area contributed by atoms with Crippen molar-refractivity contribution in [2.75, 3.05) is 14.2 Å². The van der Waals surface area contributed by atoms with Gasteiger partial charge in [0.25, 0.3) is 0 Å². The highest BCUT2D eigenvalue weighted by Crippen LogP contribution is 2.44. The maximum atomic E-state index is 12.2. The van der Waals surface area contributed by atoms with Crippen LogP contribution in [-0.2, 0) is 22.6 Å². The molecule has 0 atom stereocenters. The lowest BCUT2D eigenvalue weighted by Crippen LogP contribution is -2.42. The highest BCUT2D eigenvalue weighted by Gasteiger charge is 2.45. The van der Waals surface area contributed by atoms with E-state index in [1.807, 2.05) is 12.1 Å². The van der Waals surface area contributed by atoms with Gasteiger partial charge in [-0.15, -0.1) is 6.58 Å². The molecule has 1 aliphatic rings. The van der Waals surface area contributed by atoms with Gasteiger partial charge in [-0.1, -0.05) is 12.5 Å². The van der Waals surface area contributed by atoms with Crippen molar-refractivity contribution < 1.29 is 24.2 Å². The van der Waals surface area contributed by atoms with E-state index < -0.39 is 11.4 Å². The number of nitrogens with one attached hydrogen (secondary N) is 1. The first kappa shape index (κ1) is 18.8. The summed E-state index contributed by atoms with van der Waals surface area (Å²) in [6, 6.07) is 3.74. The minimum Gasteiger partial charge on any atom is -0.493 e. The van der Waals surface area contributed by atoms with Crippen LogP contribution in [0, 0.1) is 5.41 Å². The fraction of sp³-hybridized carbons (Fsp3) is 0.474. The van der Waals surface area contributed by atoms with E-state index in [1.165, 1.54) is 0 Å². The molecule has 1 amide bonds. The monoisotopic (exact) mass is 347 g/mol. The Balaban J connectivity index is 2.07. The SMILES string of the molecule is C=CCc1cc(CNC(=O)CC2(C(=O)O)CCC2)cc(OC)c1OC. The summed E-state index contributed by atoms with van der Waals surface area (Å²) in [4.78, 5) is 23.5. The molecule has 2 rings (SSSR count). The number of ether oxygens (including phenoxy) is 2. The van der Waals surface area contributed by atoms with E-state index in [0.29, 0.717) is 37.3 Å². The van der Waals surface area contributed by atoms with Gasteiger partial charge in [0.15, 0.2) is 11.5 Å². The van der Waals surface area contributed by atoms with Gasteiger partial charge >= 0.3 is 5.97 Å². The number of carbonyl (C=O) groups excluding carboxylic acids is 1. The van der Waals surface area contributed by atoms with Crippen molar-refractivity contribution in [1.29, 1.82) is 0 Å². The lowest BCUT2D eigenvalue weighted by molar-refractivity contribution is -0.157. The largest absolute Gasteiger partial charge is 0.493 e. The van der Waals surface area contributed by atoms with Crippen LogP contribution in [0.2, 0.25) is 0 Å². The van der Waals surface area contributed by atoms with Crippen molar-refractivity contribution in [1.82, 2.24) is 5.32 Å². The quantitative estimate of drug-likeness (QED) is 0.671. The summed E-state index contributed by atoms with van der Waals surface area (Å²) in [5, 5.41) is 12.1. The van der Waals surface area contributed by atoms with Crippen LogP contribution in [-0.4, -0.2) is 31.2 Å². The van der Waals surface area contributed by atoms with E-state index in [2.05, 4.69) is 11.9 Å². The number of methoxy groups -OCH3 is 2. The van der Waals surface area contributed by atoms with Crippen molar-refractivity contribution >= 4 is 11.9 Å². The molecule has 1 fully saturated rings. The summed E-state index contributed by atoms with van der Waals surface area (Å²) in [5.41, 5.74) is 0.901. The summed E-state index contributed by atoms with van der Waals surface area (Å²) >= 11 is 0. The number of carbonyl (C=O) groups is 2. The van der Waals surface area contributed by atoms with Crippen LogP contribution in [0.5, 0.6) is 11.5 Å². The number of amides is 1. The molecule has 2 N–H and O–H groups in total. The first-order chi connectivity index (χ1) is 12.0. The predicted octanol–water partition coefficient (Wildman–Crippen LogP) is 2.69. The molecule has 1 saturated carbocycles. The van der Waals surface area contributed by atoms with Crippen LogP contribution in [0.15, 0.2) is 24.8 Å². The third-order valence-electron chi connectivity index (χ3n) is 4.73. The van der Waals surface area contributed by atoms with Crippen LogP contribution < -0.4 is 14.8 Å². The highest BCUT2D eigenvalue weighted by atomic mass is 16.5. The molecule has 1 aliphatic carbocycles. The van der Waals surface area contributed by atoms with Gasteiger partial charge in [-0.25, -0.2) is 0 Å². The van der Waals surface area contributed by atoms with Crippen molar-refractivity contribution in [3.05, 3.63) is 35.9 Å². The molecule has 1 aromatic carbocycles. The maximum Gasteiger partial charge on any atom is 0.310 e. The van der Waals surface area contributed by atoms with Gasteiger partial charge in [0, 0.05) is 18.5 Å². The lowest BCUT2D eigenvalue weighted by atomic mass is 9.66. The topological polar surface area (TPSA) is 84.9 Å². The van der Waals surface area contributed by atoms with Gasteiger partial charge in [0.1, 0.15) is 0 Å². The molecule has 0 aliphatic heterocycles. The van der Waals surface area contributed by atoms with Crippen molar-refractivity contribution in [3.63, 3.8) is 0 Å².